The topological polar surface area (TPSA) is 52.6 Å². The van der Waals surface area contributed by atoms with Gasteiger partial charge in [-0.3, -0.25) is 0 Å². The van der Waals surface area contributed by atoms with Gasteiger partial charge in [-0.15, -0.1) is 11.8 Å². The Balaban J connectivity index is 1.31. The number of urea groups is 1. The summed E-state index contributed by atoms with van der Waals surface area (Å²) in [5.74, 6) is 0. The number of rotatable bonds is 3. The Kier molecular flexibility index (Phi) is 5.41. The van der Waals surface area contributed by atoms with E-state index < -0.39 is 6.10 Å². The molecule has 2 aromatic rings. The molecule has 1 aliphatic carbocycles. The molecule has 4 rings (SSSR count). The van der Waals surface area contributed by atoms with Crippen molar-refractivity contribution in [3.63, 3.8) is 0 Å². The molecule has 0 unspecified atom stereocenters. The largest absolute Gasteiger partial charge is 0.390 e. The Morgan fingerprint density at radius 1 is 1.15 bits per heavy atom. The number of thioether (sulfide) groups is 1. The number of hydrogen-bond acceptors (Lipinski definition) is 3. The number of aliphatic hydroxyl groups is 1. The van der Waals surface area contributed by atoms with Crippen molar-refractivity contribution in [3.05, 3.63) is 65.2 Å². The smallest absolute Gasteiger partial charge is 0.317 e. The van der Waals surface area contributed by atoms with Crippen LogP contribution >= 0.6 is 11.8 Å². The van der Waals surface area contributed by atoms with Crippen molar-refractivity contribution in [2.75, 3.05) is 13.1 Å². The van der Waals surface area contributed by atoms with Crippen LogP contribution in [-0.4, -0.2) is 40.5 Å². The Labute approximate surface area is 165 Å². The van der Waals surface area contributed by atoms with Crippen LogP contribution in [0, 0.1) is 6.92 Å². The average Bonchev–Trinajstić information content (AvgIpc) is 2.98. The molecular weight excluding hydrogens is 356 g/mol. The van der Waals surface area contributed by atoms with Gasteiger partial charge in [-0.25, -0.2) is 4.79 Å². The van der Waals surface area contributed by atoms with Crippen LogP contribution in [0.3, 0.4) is 0 Å². The lowest BCUT2D eigenvalue weighted by molar-refractivity contribution is 0.131. The van der Waals surface area contributed by atoms with E-state index in [2.05, 4.69) is 36.5 Å². The number of aliphatic hydroxyl groups excluding tert-OH is 1. The molecule has 2 aromatic carbocycles. The van der Waals surface area contributed by atoms with E-state index in [-0.39, 0.29) is 12.1 Å². The van der Waals surface area contributed by atoms with Crippen LogP contribution in [0.25, 0.3) is 0 Å². The molecule has 1 aliphatic heterocycles. The van der Waals surface area contributed by atoms with Crippen molar-refractivity contribution in [2.24, 2.45) is 0 Å². The predicted molar refractivity (Wildman–Crippen MR) is 109 cm³/mol. The molecule has 0 bridgehead atoms. The van der Waals surface area contributed by atoms with Crippen LogP contribution in [0.4, 0.5) is 4.79 Å². The van der Waals surface area contributed by atoms with Gasteiger partial charge in [0.05, 0.1) is 12.1 Å². The van der Waals surface area contributed by atoms with Crippen molar-refractivity contribution in [1.82, 2.24) is 10.2 Å². The van der Waals surface area contributed by atoms with Gasteiger partial charge in [0.2, 0.25) is 0 Å². The molecule has 2 atom stereocenters. The minimum Gasteiger partial charge on any atom is -0.390 e. The first-order chi connectivity index (χ1) is 13.1. The lowest BCUT2D eigenvalue weighted by Crippen LogP contribution is -2.47. The molecule has 1 heterocycles. The first-order valence-corrected chi connectivity index (χ1v) is 10.5. The van der Waals surface area contributed by atoms with Crippen LogP contribution < -0.4 is 5.32 Å². The van der Waals surface area contributed by atoms with Crippen LogP contribution in [0.15, 0.2) is 53.4 Å². The zero-order chi connectivity index (χ0) is 18.8. The summed E-state index contributed by atoms with van der Waals surface area (Å²) in [4.78, 5) is 15.9. The van der Waals surface area contributed by atoms with E-state index >= 15 is 0 Å². The van der Waals surface area contributed by atoms with Gasteiger partial charge in [-0.1, -0.05) is 42.0 Å². The maximum Gasteiger partial charge on any atom is 0.317 e. The second-order valence-electron chi connectivity index (χ2n) is 7.52. The summed E-state index contributed by atoms with van der Waals surface area (Å²) in [7, 11) is 0. The second-order valence-corrected chi connectivity index (χ2v) is 8.89. The number of carbonyl (C=O) groups is 1. The average molecular weight is 383 g/mol. The number of nitrogens with one attached hydrogen (secondary N) is 1. The number of benzene rings is 2. The van der Waals surface area contributed by atoms with E-state index in [1.54, 1.807) is 0 Å². The summed E-state index contributed by atoms with van der Waals surface area (Å²) in [6.07, 6.45) is 2.06. The number of hydrogen-bond donors (Lipinski definition) is 2. The third kappa shape index (κ3) is 4.14. The maximum atomic E-state index is 12.7. The van der Waals surface area contributed by atoms with Crippen molar-refractivity contribution in [3.8, 4) is 0 Å². The molecule has 1 saturated heterocycles. The molecule has 2 N–H and O–H groups in total. The van der Waals surface area contributed by atoms with Gasteiger partial charge in [0, 0.05) is 29.7 Å². The van der Waals surface area contributed by atoms with Gasteiger partial charge in [-0.05, 0) is 43.0 Å². The molecule has 0 saturated carbocycles. The molecule has 5 heteroatoms. The fraction of sp³-hybridized carbons (Fsp3) is 0.409. The molecule has 0 radical (unpaired) electrons. The Morgan fingerprint density at radius 2 is 1.93 bits per heavy atom. The summed E-state index contributed by atoms with van der Waals surface area (Å²) >= 11 is 1.92. The molecule has 0 aromatic heterocycles. The summed E-state index contributed by atoms with van der Waals surface area (Å²) < 4.78 is 0. The quantitative estimate of drug-likeness (QED) is 0.846. The van der Waals surface area contributed by atoms with Gasteiger partial charge in [0.25, 0.3) is 0 Å². The number of amides is 2. The number of fused-ring (bicyclic) bond motifs is 1. The van der Waals surface area contributed by atoms with Crippen molar-refractivity contribution in [2.45, 2.75) is 48.5 Å². The highest BCUT2D eigenvalue weighted by Gasteiger charge is 2.33. The SMILES string of the molecule is Cc1cccc(SC2CCN(C(=O)N[C@@H]3c4ccccc4C[C@H]3O)CC2)c1. The molecule has 142 valence electrons. The van der Waals surface area contributed by atoms with E-state index in [4.69, 9.17) is 0 Å². The van der Waals surface area contributed by atoms with Crippen LogP contribution in [-0.2, 0) is 6.42 Å². The number of piperidine rings is 1. The zero-order valence-corrected chi connectivity index (χ0v) is 16.4. The second kappa shape index (κ2) is 7.95. The summed E-state index contributed by atoms with van der Waals surface area (Å²) in [6, 6.07) is 16.2. The van der Waals surface area contributed by atoms with Gasteiger partial charge < -0.3 is 15.3 Å². The maximum absolute atomic E-state index is 12.7. The highest BCUT2D eigenvalue weighted by molar-refractivity contribution is 8.00. The van der Waals surface area contributed by atoms with E-state index in [9.17, 15) is 9.90 Å². The summed E-state index contributed by atoms with van der Waals surface area (Å²) in [5.41, 5.74) is 3.46. The Hall–Kier alpha value is -1.98. The van der Waals surface area contributed by atoms with Crippen LogP contribution in [0.5, 0.6) is 0 Å². The van der Waals surface area contributed by atoms with Crippen LogP contribution in [0.1, 0.15) is 35.6 Å². The Bertz CT molecular complexity index is 817. The minimum atomic E-state index is -0.541. The number of carbonyl (C=O) groups excluding carboxylic acids is 1. The van der Waals surface area contributed by atoms with Crippen molar-refractivity contribution < 1.29 is 9.90 Å². The minimum absolute atomic E-state index is 0.0604. The van der Waals surface area contributed by atoms with Gasteiger partial charge in [0.15, 0.2) is 0 Å². The number of likely N-dealkylation sites (tertiary alicyclic amines) is 1. The molecule has 2 aliphatic rings. The molecule has 0 spiro atoms. The standard InChI is InChI=1S/C22H26N2O2S/c1-15-5-4-7-18(13-15)27-17-9-11-24(12-10-17)22(26)23-21-19-8-3-2-6-16(19)14-20(21)25/h2-8,13,17,20-21,25H,9-12,14H2,1H3,(H,23,26)/t20-,21-/m1/s1. The number of aryl methyl sites for hydroxylation is 1. The van der Waals surface area contributed by atoms with E-state index in [0.717, 1.165) is 37.1 Å². The Morgan fingerprint density at radius 3 is 2.70 bits per heavy atom. The first-order valence-electron chi connectivity index (χ1n) is 9.65. The molecule has 2 amide bonds. The van der Waals surface area contributed by atoms with Crippen molar-refractivity contribution in [1.29, 1.82) is 0 Å². The lowest BCUT2D eigenvalue weighted by atomic mass is 10.1. The van der Waals surface area contributed by atoms with Gasteiger partial charge >= 0.3 is 6.03 Å². The molecule has 4 nitrogen and oxygen atoms in total. The first kappa shape index (κ1) is 18.4. The highest BCUT2D eigenvalue weighted by Crippen LogP contribution is 2.33. The fourth-order valence-corrected chi connectivity index (χ4v) is 5.27. The summed E-state index contributed by atoms with van der Waals surface area (Å²) in [6.45, 7) is 3.64. The monoisotopic (exact) mass is 382 g/mol. The van der Waals surface area contributed by atoms with Crippen LogP contribution in [0.2, 0.25) is 0 Å². The molecule has 1 fully saturated rings. The summed E-state index contributed by atoms with van der Waals surface area (Å²) in [5, 5.41) is 14.0. The van der Waals surface area contributed by atoms with E-state index in [1.165, 1.54) is 10.5 Å². The van der Waals surface area contributed by atoms with Gasteiger partial charge in [-0.2, -0.15) is 0 Å². The highest BCUT2D eigenvalue weighted by atomic mass is 32.2. The normalized spacial score (nSPS) is 22.5. The van der Waals surface area contributed by atoms with Gasteiger partial charge in [0.1, 0.15) is 0 Å². The predicted octanol–water partition coefficient (Wildman–Crippen LogP) is 3.92. The third-order valence-electron chi connectivity index (χ3n) is 5.50. The van der Waals surface area contributed by atoms with Crippen molar-refractivity contribution >= 4 is 17.8 Å². The molecular formula is C22H26N2O2S. The lowest BCUT2D eigenvalue weighted by Gasteiger charge is -2.33. The zero-order valence-electron chi connectivity index (χ0n) is 15.6. The third-order valence-corrected chi connectivity index (χ3v) is 6.84. The fourth-order valence-electron chi connectivity index (χ4n) is 4.03. The molecule has 27 heavy (non-hydrogen) atoms. The van der Waals surface area contributed by atoms with E-state index in [1.807, 2.05) is 40.9 Å². The van der Waals surface area contributed by atoms with E-state index in [0.29, 0.717) is 11.7 Å². The number of nitrogens with zero attached hydrogens (tertiary/aromatic N) is 1.